The van der Waals surface area contributed by atoms with Crippen LogP contribution >= 0.6 is 0 Å². The first-order chi connectivity index (χ1) is 8.16. The molecule has 94 valence electrons. The maximum atomic E-state index is 11.0. The van der Waals surface area contributed by atoms with Crippen molar-refractivity contribution in [2.75, 3.05) is 13.1 Å². The zero-order valence-electron chi connectivity index (χ0n) is 9.62. The van der Waals surface area contributed by atoms with Crippen molar-refractivity contribution in [3.8, 4) is 0 Å². The van der Waals surface area contributed by atoms with E-state index in [0.717, 1.165) is 13.1 Å². The number of likely N-dealkylation sites (tertiary alicyclic amines) is 1. The number of carbonyl (C=O) groups is 1. The number of hydrogen-bond acceptors (Lipinski definition) is 3. The fourth-order valence-corrected chi connectivity index (χ4v) is 2.24. The Bertz CT molecular complexity index is 385. The number of carboxylic acids is 1. The average Bonchev–Trinajstić information content (AvgIpc) is 2.32. The van der Waals surface area contributed by atoms with Crippen LogP contribution in [0.1, 0.15) is 12.0 Å². The van der Waals surface area contributed by atoms with Crippen molar-refractivity contribution in [3.63, 3.8) is 0 Å². The number of aliphatic hydroxyl groups is 1. The molecule has 1 aromatic rings. The van der Waals surface area contributed by atoms with Gasteiger partial charge in [-0.2, -0.15) is 0 Å². The van der Waals surface area contributed by atoms with Gasteiger partial charge in [-0.25, -0.2) is 0 Å². The average molecular weight is 259 g/mol. The molecule has 1 aliphatic heterocycles. The normalized spacial score (nSPS) is 24.3. The summed E-state index contributed by atoms with van der Waals surface area (Å²) in [5.74, 6) is -1.57. The molecule has 0 bridgehead atoms. The molecule has 0 aliphatic carbocycles. The molecule has 2 atom stereocenters. The summed E-state index contributed by atoms with van der Waals surface area (Å²) in [6.07, 6.45) is -0.177. The molecule has 4 nitrogen and oxygen atoms in total. The predicted molar refractivity (Wildman–Crippen MR) is 70.6 cm³/mol. The zero-order valence-corrected chi connectivity index (χ0v) is 9.62. The summed E-state index contributed by atoms with van der Waals surface area (Å²) < 4.78 is 0. The molecule has 18 heavy (non-hydrogen) atoms. The fourth-order valence-electron chi connectivity index (χ4n) is 2.24. The van der Waals surface area contributed by atoms with Crippen molar-refractivity contribution in [3.05, 3.63) is 35.9 Å². The van der Waals surface area contributed by atoms with Crippen molar-refractivity contribution in [2.45, 2.75) is 19.1 Å². The molecule has 0 saturated carbocycles. The summed E-state index contributed by atoms with van der Waals surface area (Å²) in [5.41, 5.74) is 1.17. The number of benzene rings is 1. The summed E-state index contributed by atoms with van der Waals surface area (Å²) in [7, 11) is 0. The SMILES string of the molecule is O=C(O)[C@H]1CN(Cc2ccccc2)CC[C@H]1O.[NaH]. The number of aliphatic hydroxyl groups excluding tert-OH is 1. The maximum absolute atomic E-state index is 11.0. The standard InChI is InChI=1S/C13H17NO3.Na.H/c15-12-6-7-14(9-11(12)13(16)17)8-10-4-2-1-3-5-10;;/h1-5,11-12,15H,6-9H2,(H,16,17);;/t11-,12+;;/m0../s1. The fraction of sp³-hybridized carbons (Fsp3) is 0.462. The van der Waals surface area contributed by atoms with Gasteiger partial charge in [-0.05, 0) is 12.0 Å². The van der Waals surface area contributed by atoms with Crippen LogP contribution in [0.5, 0.6) is 0 Å². The molecular formula is C13H18NNaO3. The van der Waals surface area contributed by atoms with Crippen LogP contribution < -0.4 is 0 Å². The number of rotatable bonds is 3. The summed E-state index contributed by atoms with van der Waals surface area (Å²) in [4.78, 5) is 13.1. The van der Waals surface area contributed by atoms with E-state index in [9.17, 15) is 9.90 Å². The molecule has 0 amide bonds. The molecule has 1 fully saturated rings. The molecule has 0 spiro atoms. The third-order valence-electron chi connectivity index (χ3n) is 3.23. The number of hydrogen-bond donors (Lipinski definition) is 2. The Morgan fingerprint density at radius 2 is 2.00 bits per heavy atom. The van der Waals surface area contributed by atoms with Crippen LogP contribution in [-0.4, -0.2) is 69.8 Å². The Morgan fingerprint density at radius 1 is 1.33 bits per heavy atom. The second-order valence-electron chi connectivity index (χ2n) is 4.52. The van der Waals surface area contributed by atoms with Crippen LogP contribution in [0.3, 0.4) is 0 Å². The molecule has 2 rings (SSSR count). The predicted octanol–water partition coefficient (Wildman–Crippen LogP) is 0.306. The molecule has 1 heterocycles. The third kappa shape index (κ3) is 4.07. The van der Waals surface area contributed by atoms with Gasteiger partial charge in [0.2, 0.25) is 0 Å². The van der Waals surface area contributed by atoms with Gasteiger partial charge in [0.25, 0.3) is 0 Å². The molecule has 0 aromatic heterocycles. The van der Waals surface area contributed by atoms with Gasteiger partial charge in [0.15, 0.2) is 0 Å². The van der Waals surface area contributed by atoms with Gasteiger partial charge in [-0.1, -0.05) is 30.3 Å². The summed E-state index contributed by atoms with van der Waals surface area (Å²) in [5, 5.41) is 18.6. The van der Waals surface area contributed by atoms with E-state index < -0.39 is 18.0 Å². The second-order valence-corrected chi connectivity index (χ2v) is 4.52. The quantitative estimate of drug-likeness (QED) is 0.767. The van der Waals surface area contributed by atoms with E-state index in [4.69, 9.17) is 5.11 Å². The Hall–Kier alpha value is -0.390. The van der Waals surface area contributed by atoms with Crippen molar-refractivity contribution >= 4 is 35.5 Å². The number of carboxylic acid groups (broad SMARTS) is 1. The molecule has 0 unspecified atom stereocenters. The second kappa shape index (κ2) is 7.26. The molecule has 1 aliphatic rings. The molecule has 5 heteroatoms. The zero-order chi connectivity index (χ0) is 12.3. The van der Waals surface area contributed by atoms with Gasteiger partial charge in [0.1, 0.15) is 0 Å². The first-order valence-electron chi connectivity index (χ1n) is 5.84. The minimum absolute atomic E-state index is 0. The molecule has 0 radical (unpaired) electrons. The van der Waals surface area contributed by atoms with E-state index in [0.29, 0.717) is 13.0 Å². The van der Waals surface area contributed by atoms with Crippen LogP contribution in [0.25, 0.3) is 0 Å². The van der Waals surface area contributed by atoms with Crippen molar-refractivity contribution in [1.82, 2.24) is 4.90 Å². The first kappa shape index (κ1) is 15.7. The van der Waals surface area contributed by atoms with Crippen LogP contribution in [0.15, 0.2) is 30.3 Å². The van der Waals surface area contributed by atoms with Crippen LogP contribution in [0, 0.1) is 5.92 Å². The van der Waals surface area contributed by atoms with E-state index >= 15 is 0 Å². The van der Waals surface area contributed by atoms with E-state index in [-0.39, 0.29) is 29.6 Å². The Kier molecular flexibility index (Phi) is 6.32. The summed E-state index contributed by atoms with van der Waals surface area (Å²) in [6.45, 7) is 1.92. The Labute approximate surface area is 129 Å². The van der Waals surface area contributed by atoms with E-state index in [1.807, 2.05) is 30.3 Å². The van der Waals surface area contributed by atoms with Crippen molar-refractivity contribution < 1.29 is 15.0 Å². The van der Waals surface area contributed by atoms with Crippen molar-refractivity contribution in [1.29, 1.82) is 0 Å². The molecule has 1 aromatic carbocycles. The van der Waals surface area contributed by atoms with Gasteiger partial charge in [-0.15, -0.1) is 0 Å². The monoisotopic (exact) mass is 259 g/mol. The van der Waals surface area contributed by atoms with E-state index in [2.05, 4.69) is 4.90 Å². The molecule has 2 N–H and O–H groups in total. The van der Waals surface area contributed by atoms with Gasteiger partial charge in [0.05, 0.1) is 12.0 Å². The molecular weight excluding hydrogens is 241 g/mol. The van der Waals surface area contributed by atoms with Crippen LogP contribution in [-0.2, 0) is 11.3 Å². The van der Waals surface area contributed by atoms with Crippen molar-refractivity contribution in [2.24, 2.45) is 5.92 Å². The number of nitrogens with zero attached hydrogens (tertiary/aromatic N) is 1. The number of piperidine rings is 1. The third-order valence-corrected chi connectivity index (χ3v) is 3.23. The first-order valence-corrected chi connectivity index (χ1v) is 5.84. The van der Waals surface area contributed by atoms with Crippen LogP contribution in [0.2, 0.25) is 0 Å². The van der Waals surface area contributed by atoms with E-state index in [1.165, 1.54) is 5.56 Å². The van der Waals surface area contributed by atoms with Gasteiger partial charge in [0, 0.05) is 19.6 Å². The Balaban J connectivity index is 0.00000162. The van der Waals surface area contributed by atoms with Gasteiger partial charge < -0.3 is 10.2 Å². The molecule has 1 saturated heterocycles. The van der Waals surface area contributed by atoms with Crippen LogP contribution in [0.4, 0.5) is 0 Å². The number of aliphatic carboxylic acids is 1. The summed E-state index contributed by atoms with van der Waals surface area (Å²) >= 11 is 0. The Morgan fingerprint density at radius 3 is 2.61 bits per heavy atom. The van der Waals surface area contributed by atoms with E-state index in [1.54, 1.807) is 0 Å². The minimum atomic E-state index is -0.907. The summed E-state index contributed by atoms with van der Waals surface area (Å²) in [6, 6.07) is 9.97. The van der Waals surface area contributed by atoms with Gasteiger partial charge >= 0.3 is 35.5 Å². The topological polar surface area (TPSA) is 60.8 Å². The van der Waals surface area contributed by atoms with Gasteiger partial charge in [-0.3, -0.25) is 9.69 Å².